The SMILES string of the molecule is CCc1nn(C)cc1CNS(=O)(=O)c1ccc(CCO)s1. The second kappa shape index (κ2) is 6.69. The van der Waals surface area contributed by atoms with Gasteiger partial charge in [0.1, 0.15) is 4.21 Å². The molecule has 0 bridgehead atoms. The first-order valence-electron chi connectivity index (χ1n) is 6.67. The first-order chi connectivity index (χ1) is 9.96. The maximum Gasteiger partial charge on any atom is 0.250 e. The van der Waals surface area contributed by atoms with E-state index < -0.39 is 10.0 Å². The first-order valence-corrected chi connectivity index (χ1v) is 8.97. The van der Waals surface area contributed by atoms with Gasteiger partial charge >= 0.3 is 0 Å². The van der Waals surface area contributed by atoms with Crippen LogP contribution in [-0.2, 0) is 36.5 Å². The molecule has 2 aromatic heterocycles. The van der Waals surface area contributed by atoms with E-state index in [2.05, 4.69) is 9.82 Å². The summed E-state index contributed by atoms with van der Waals surface area (Å²) in [6.45, 7) is 2.23. The molecule has 0 atom stereocenters. The molecule has 0 aromatic carbocycles. The molecule has 116 valence electrons. The second-order valence-corrected chi connectivity index (χ2v) is 7.81. The summed E-state index contributed by atoms with van der Waals surface area (Å²) in [6, 6.07) is 3.30. The minimum Gasteiger partial charge on any atom is -0.396 e. The Morgan fingerprint density at radius 3 is 2.86 bits per heavy atom. The van der Waals surface area contributed by atoms with Gasteiger partial charge in [-0.1, -0.05) is 6.92 Å². The van der Waals surface area contributed by atoms with Crippen LogP contribution in [0.3, 0.4) is 0 Å². The molecule has 0 saturated heterocycles. The second-order valence-electron chi connectivity index (χ2n) is 4.65. The number of aliphatic hydroxyl groups is 1. The molecule has 0 spiro atoms. The zero-order valence-electron chi connectivity index (χ0n) is 12.0. The van der Waals surface area contributed by atoms with Crippen molar-refractivity contribution in [3.8, 4) is 0 Å². The normalized spacial score (nSPS) is 12.0. The molecule has 21 heavy (non-hydrogen) atoms. The number of sulfonamides is 1. The van der Waals surface area contributed by atoms with Gasteiger partial charge in [0.25, 0.3) is 0 Å². The highest BCUT2D eigenvalue weighted by Crippen LogP contribution is 2.22. The van der Waals surface area contributed by atoms with Crippen LogP contribution in [0.1, 0.15) is 23.1 Å². The van der Waals surface area contributed by atoms with Crippen molar-refractivity contribution in [2.45, 2.75) is 30.5 Å². The van der Waals surface area contributed by atoms with Crippen LogP contribution in [0.4, 0.5) is 0 Å². The summed E-state index contributed by atoms with van der Waals surface area (Å²) in [7, 11) is -1.70. The molecule has 0 unspecified atom stereocenters. The summed E-state index contributed by atoms with van der Waals surface area (Å²) in [5, 5.41) is 13.2. The number of hydrogen-bond donors (Lipinski definition) is 2. The van der Waals surface area contributed by atoms with Crippen molar-refractivity contribution in [3.63, 3.8) is 0 Å². The third kappa shape index (κ3) is 3.91. The molecule has 8 heteroatoms. The van der Waals surface area contributed by atoms with E-state index >= 15 is 0 Å². The van der Waals surface area contributed by atoms with Crippen LogP contribution >= 0.6 is 11.3 Å². The molecule has 0 fully saturated rings. The van der Waals surface area contributed by atoms with Gasteiger partial charge in [0, 0.05) is 43.3 Å². The van der Waals surface area contributed by atoms with Crippen molar-refractivity contribution >= 4 is 21.4 Å². The van der Waals surface area contributed by atoms with Gasteiger partial charge in [0.2, 0.25) is 10.0 Å². The fourth-order valence-corrected chi connectivity index (χ4v) is 4.42. The summed E-state index contributed by atoms with van der Waals surface area (Å²) < 4.78 is 29.0. The lowest BCUT2D eigenvalue weighted by atomic mass is 10.2. The molecule has 2 rings (SSSR count). The number of aryl methyl sites for hydroxylation is 2. The van der Waals surface area contributed by atoms with Crippen LogP contribution in [0, 0.1) is 0 Å². The topological polar surface area (TPSA) is 84.2 Å². The molecular formula is C13H19N3O3S2. The Balaban J connectivity index is 2.09. The van der Waals surface area contributed by atoms with Crippen molar-refractivity contribution in [1.82, 2.24) is 14.5 Å². The van der Waals surface area contributed by atoms with Crippen molar-refractivity contribution in [3.05, 3.63) is 34.5 Å². The van der Waals surface area contributed by atoms with Crippen LogP contribution in [0.15, 0.2) is 22.5 Å². The molecule has 6 nitrogen and oxygen atoms in total. The van der Waals surface area contributed by atoms with Gasteiger partial charge in [-0.25, -0.2) is 13.1 Å². The van der Waals surface area contributed by atoms with Gasteiger partial charge in [-0.3, -0.25) is 4.68 Å². The van der Waals surface area contributed by atoms with E-state index in [1.807, 2.05) is 20.2 Å². The zero-order chi connectivity index (χ0) is 15.5. The Bertz CT molecular complexity index is 704. The number of aromatic nitrogens is 2. The number of hydrogen-bond acceptors (Lipinski definition) is 5. The molecule has 0 aliphatic rings. The van der Waals surface area contributed by atoms with Gasteiger partial charge in [0.15, 0.2) is 0 Å². The third-order valence-electron chi connectivity index (χ3n) is 3.04. The Hall–Kier alpha value is -1.22. The monoisotopic (exact) mass is 329 g/mol. The molecule has 2 heterocycles. The average Bonchev–Trinajstić information content (AvgIpc) is 3.04. The van der Waals surface area contributed by atoms with E-state index in [0.29, 0.717) is 6.42 Å². The minimum absolute atomic E-state index is 0.0168. The quantitative estimate of drug-likeness (QED) is 0.795. The van der Waals surface area contributed by atoms with Crippen molar-refractivity contribution < 1.29 is 13.5 Å². The number of thiophene rings is 1. The fraction of sp³-hybridized carbons (Fsp3) is 0.462. The minimum atomic E-state index is -3.52. The Morgan fingerprint density at radius 1 is 1.43 bits per heavy atom. The molecule has 2 aromatic rings. The third-order valence-corrected chi connectivity index (χ3v) is 6.08. The van der Waals surface area contributed by atoms with E-state index in [-0.39, 0.29) is 17.4 Å². The highest BCUT2D eigenvalue weighted by atomic mass is 32.2. The molecule has 0 saturated carbocycles. The Labute approximate surface area is 128 Å². The number of nitrogens with zero attached hydrogens (tertiary/aromatic N) is 2. The summed E-state index contributed by atoms with van der Waals surface area (Å²) in [5.41, 5.74) is 1.78. The lowest BCUT2D eigenvalue weighted by molar-refractivity contribution is 0.300. The van der Waals surface area contributed by atoms with Crippen molar-refractivity contribution in [1.29, 1.82) is 0 Å². The largest absolute Gasteiger partial charge is 0.396 e. The summed E-state index contributed by atoms with van der Waals surface area (Å²) in [5.74, 6) is 0. The van der Waals surface area contributed by atoms with Gasteiger partial charge in [-0.15, -0.1) is 11.3 Å². The molecular weight excluding hydrogens is 310 g/mol. The van der Waals surface area contributed by atoms with Gasteiger partial charge in [0.05, 0.1) is 5.69 Å². The van der Waals surface area contributed by atoms with Gasteiger partial charge in [-0.2, -0.15) is 5.10 Å². The smallest absolute Gasteiger partial charge is 0.250 e. The average molecular weight is 329 g/mol. The van der Waals surface area contributed by atoms with Crippen LogP contribution in [0.2, 0.25) is 0 Å². The number of nitrogens with one attached hydrogen (secondary N) is 1. The van der Waals surface area contributed by atoms with Crippen molar-refractivity contribution in [2.24, 2.45) is 7.05 Å². The molecule has 0 aliphatic carbocycles. The molecule has 0 aliphatic heterocycles. The molecule has 2 N–H and O–H groups in total. The van der Waals surface area contributed by atoms with E-state index in [9.17, 15) is 8.42 Å². The zero-order valence-corrected chi connectivity index (χ0v) is 13.7. The predicted octanol–water partition coefficient (Wildman–Crippen LogP) is 1.06. The standard InChI is InChI=1S/C13H19N3O3S2/c1-3-12-10(9-16(2)15-12)8-14-21(18,19)13-5-4-11(20-13)6-7-17/h4-5,9,14,17H,3,6-8H2,1-2H3. The van der Waals surface area contributed by atoms with E-state index in [1.165, 1.54) is 11.3 Å². The summed E-state index contributed by atoms with van der Waals surface area (Å²) in [6.07, 6.45) is 3.06. The van der Waals surface area contributed by atoms with Crippen LogP contribution < -0.4 is 4.72 Å². The van der Waals surface area contributed by atoms with Gasteiger partial charge in [-0.05, 0) is 18.6 Å². The van der Waals surface area contributed by atoms with Gasteiger partial charge < -0.3 is 5.11 Å². The molecule has 0 amide bonds. The van der Waals surface area contributed by atoms with E-state index in [1.54, 1.807) is 16.8 Å². The Kier molecular flexibility index (Phi) is 5.15. The number of rotatable bonds is 7. The van der Waals surface area contributed by atoms with Crippen LogP contribution in [-0.4, -0.2) is 29.9 Å². The fourth-order valence-electron chi connectivity index (χ4n) is 2.02. The van der Waals surface area contributed by atoms with Crippen LogP contribution in [0.5, 0.6) is 0 Å². The maximum absolute atomic E-state index is 12.2. The van der Waals surface area contributed by atoms with Crippen LogP contribution in [0.25, 0.3) is 0 Å². The number of aliphatic hydroxyl groups excluding tert-OH is 1. The summed E-state index contributed by atoms with van der Waals surface area (Å²) >= 11 is 1.18. The summed E-state index contributed by atoms with van der Waals surface area (Å²) in [4.78, 5) is 0.855. The van der Waals surface area contributed by atoms with Crippen molar-refractivity contribution in [2.75, 3.05) is 6.61 Å². The molecule has 0 radical (unpaired) electrons. The van der Waals surface area contributed by atoms with E-state index in [0.717, 1.165) is 22.6 Å². The maximum atomic E-state index is 12.2. The highest BCUT2D eigenvalue weighted by Gasteiger charge is 2.17. The van der Waals surface area contributed by atoms with E-state index in [4.69, 9.17) is 5.11 Å². The Morgan fingerprint density at radius 2 is 2.19 bits per heavy atom. The lowest BCUT2D eigenvalue weighted by Crippen LogP contribution is -2.22. The lowest BCUT2D eigenvalue weighted by Gasteiger charge is -2.04. The highest BCUT2D eigenvalue weighted by molar-refractivity contribution is 7.91. The predicted molar refractivity (Wildman–Crippen MR) is 81.7 cm³/mol. The first kappa shape index (κ1) is 16.2.